The summed E-state index contributed by atoms with van der Waals surface area (Å²) >= 11 is 0. The molecule has 0 radical (unpaired) electrons. The Balaban J connectivity index is 1.61. The largest absolute Gasteiger partial charge is 0.443 e. The molecule has 1 aliphatic heterocycles. The van der Waals surface area contributed by atoms with Crippen LogP contribution in [0.15, 0.2) is 120 Å². The minimum absolute atomic E-state index is 0.169. The molecule has 5 nitrogen and oxygen atoms in total. The molecule has 0 N–H and O–H groups in total. The van der Waals surface area contributed by atoms with Gasteiger partial charge in [-0.1, -0.05) is 91.0 Å². The zero-order valence-corrected chi connectivity index (χ0v) is 17.3. The van der Waals surface area contributed by atoms with Gasteiger partial charge in [0.2, 0.25) is 0 Å². The first-order valence-electron chi connectivity index (χ1n) is 10.4. The molecule has 5 heteroatoms. The van der Waals surface area contributed by atoms with E-state index in [2.05, 4.69) is 0 Å². The highest BCUT2D eigenvalue weighted by molar-refractivity contribution is 6.11. The maximum Gasteiger partial charge on any atom is 0.435 e. The molecule has 1 aliphatic rings. The Hall–Kier alpha value is -4.38. The molecule has 0 saturated carbocycles. The van der Waals surface area contributed by atoms with Gasteiger partial charge in [0.1, 0.15) is 6.61 Å². The van der Waals surface area contributed by atoms with Crippen molar-refractivity contribution in [1.82, 2.24) is 5.01 Å². The first kappa shape index (κ1) is 19.6. The summed E-state index contributed by atoms with van der Waals surface area (Å²) in [4.78, 5) is 18.4. The number of hydrazine groups is 1. The van der Waals surface area contributed by atoms with Crippen LogP contribution in [0.3, 0.4) is 0 Å². The Morgan fingerprint density at radius 2 is 1.31 bits per heavy atom. The maximum absolute atomic E-state index is 13.5. The minimum atomic E-state index is -0.505. The summed E-state index contributed by atoms with van der Waals surface area (Å²) in [6.07, 6.45) is -0.505. The Labute approximate surface area is 186 Å². The summed E-state index contributed by atoms with van der Waals surface area (Å²) in [5.41, 5.74) is 4.15. The number of nitrogens with zero attached hydrogens (tertiary/aromatic N) is 3. The first-order valence-corrected chi connectivity index (χ1v) is 10.4. The summed E-state index contributed by atoms with van der Waals surface area (Å²) in [5.74, 6) is 0.506. The Morgan fingerprint density at radius 1 is 0.719 bits per heavy atom. The highest BCUT2D eigenvalue weighted by atomic mass is 16.6. The van der Waals surface area contributed by atoms with Crippen molar-refractivity contribution in [1.29, 1.82) is 0 Å². The summed E-state index contributed by atoms with van der Waals surface area (Å²) in [7, 11) is 0. The third-order valence-electron chi connectivity index (χ3n) is 5.15. The van der Waals surface area contributed by atoms with Crippen molar-refractivity contribution in [3.8, 4) is 0 Å². The van der Waals surface area contributed by atoms with Crippen LogP contribution in [-0.4, -0.2) is 16.9 Å². The fourth-order valence-corrected chi connectivity index (χ4v) is 3.65. The van der Waals surface area contributed by atoms with Gasteiger partial charge in [-0.2, -0.15) is 5.01 Å². The van der Waals surface area contributed by atoms with E-state index in [4.69, 9.17) is 9.73 Å². The van der Waals surface area contributed by atoms with Crippen molar-refractivity contribution in [2.45, 2.75) is 6.61 Å². The highest BCUT2D eigenvalue weighted by Crippen LogP contribution is 2.40. The number of anilines is 2. The van der Waals surface area contributed by atoms with Crippen LogP contribution in [-0.2, 0) is 11.3 Å². The smallest absolute Gasteiger partial charge is 0.435 e. The molecule has 0 spiro atoms. The molecule has 0 fully saturated rings. The van der Waals surface area contributed by atoms with E-state index in [1.165, 1.54) is 5.01 Å². The molecular weight excluding hydrogens is 398 g/mol. The quantitative estimate of drug-likeness (QED) is 0.381. The van der Waals surface area contributed by atoms with Gasteiger partial charge in [0.15, 0.2) is 5.84 Å². The van der Waals surface area contributed by atoms with E-state index in [1.54, 1.807) is 0 Å². The predicted octanol–water partition coefficient (Wildman–Crippen LogP) is 6.47. The molecular formula is C27H21N3O2. The number of amidine groups is 1. The fraction of sp³-hybridized carbons (Fsp3) is 0.0370. The number of para-hydroxylation sites is 3. The lowest BCUT2D eigenvalue weighted by atomic mass is 10.1. The lowest BCUT2D eigenvalue weighted by Gasteiger charge is -2.39. The van der Waals surface area contributed by atoms with Crippen LogP contribution in [0.2, 0.25) is 0 Å². The van der Waals surface area contributed by atoms with Crippen LogP contribution in [0, 0.1) is 0 Å². The van der Waals surface area contributed by atoms with Gasteiger partial charge in [-0.15, -0.1) is 0 Å². The fourth-order valence-electron chi connectivity index (χ4n) is 3.65. The van der Waals surface area contributed by atoms with Crippen LogP contribution >= 0.6 is 0 Å². The molecule has 156 valence electrons. The number of rotatable bonds is 4. The first-order chi connectivity index (χ1) is 15.8. The molecule has 5 rings (SSSR count). The molecule has 0 bridgehead atoms. The van der Waals surface area contributed by atoms with Crippen molar-refractivity contribution >= 4 is 29.0 Å². The van der Waals surface area contributed by atoms with E-state index in [1.807, 2.05) is 120 Å². The van der Waals surface area contributed by atoms with Crippen LogP contribution in [0.1, 0.15) is 11.1 Å². The van der Waals surface area contributed by atoms with E-state index in [0.717, 1.165) is 28.2 Å². The average molecular weight is 419 g/mol. The van der Waals surface area contributed by atoms with Gasteiger partial charge in [0.05, 0.1) is 17.1 Å². The van der Waals surface area contributed by atoms with E-state index < -0.39 is 6.09 Å². The number of aliphatic imine (C=N–C) groups is 1. The number of hydrogen-bond donors (Lipinski definition) is 0. The molecule has 0 saturated heterocycles. The minimum Gasteiger partial charge on any atom is -0.443 e. The SMILES string of the molecule is O=C(OCc1ccccc1)N1C(c2ccccc2)=Nc2ccccc2N1c1ccccc1. The molecule has 0 unspecified atom stereocenters. The number of benzene rings is 4. The second-order valence-corrected chi connectivity index (χ2v) is 7.29. The number of amides is 1. The van der Waals surface area contributed by atoms with E-state index in [0.29, 0.717) is 5.84 Å². The number of carbonyl (C=O) groups is 1. The number of ether oxygens (including phenoxy) is 1. The Kier molecular flexibility index (Phi) is 5.37. The van der Waals surface area contributed by atoms with Gasteiger partial charge < -0.3 is 4.74 Å². The van der Waals surface area contributed by atoms with Gasteiger partial charge in [-0.25, -0.2) is 14.8 Å². The van der Waals surface area contributed by atoms with Crippen LogP contribution < -0.4 is 5.01 Å². The third kappa shape index (κ3) is 3.84. The molecule has 1 heterocycles. The van der Waals surface area contributed by atoms with Crippen molar-refractivity contribution in [3.05, 3.63) is 126 Å². The summed E-state index contributed by atoms with van der Waals surface area (Å²) < 4.78 is 5.75. The summed E-state index contributed by atoms with van der Waals surface area (Å²) in [5, 5.41) is 3.37. The standard InChI is InChI=1S/C27H21N3O2/c31-27(32-20-21-12-4-1-5-13-21)30-26(22-14-6-2-7-15-22)28-24-18-10-11-19-25(24)29(30)23-16-8-3-9-17-23/h1-19H,20H2. The van der Waals surface area contributed by atoms with Crippen LogP contribution in [0.5, 0.6) is 0 Å². The molecule has 0 atom stereocenters. The van der Waals surface area contributed by atoms with Gasteiger partial charge in [0.25, 0.3) is 0 Å². The van der Waals surface area contributed by atoms with Crippen molar-refractivity contribution in [2.75, 3.05) is 5.01 Å². The molecule has 4 aromatic carbocycles. The van der Waals surface area contributed by atoms with Gasteiger partial charge in [-0.05, 0) is 29.8 Å². The van der Waals surface area contributed by atoms with Crippen molar-refractivity contribution in [3.63, 3.8) is 0 Å². The van der Waals surface area contributed by atoms with E-state index >= 15 is 0 Å². The Bertz CT molecular complexity index is 1240. The second-order valence-electron chi connectivity index (χ2n) is 7.29. The number of fused-ring (bicyclic) bond motifs is 1. The van der Waals surface area contributed by atoms with Crippen molar-refractivity contribution < 1.29 is 9.53 Å². The maximum atomic E-state index is 13.5. The zero-order valence-electron chi connectivity index (χ0n) is 17.3. The molecule has 4 aromatic rings. The van der Waals surface area contributed by atoms with E-state index in [-0.39, 0.29) is 6.61 Å². The lowest BCUT2D eigenvalue weighted by molar-refractivity contribution is 0.116. The van der Waals surface area contributed by atoms with Crippen molar-refractivity contribution in [2.24, 2.45) is 4.99 Å². The lowest BCUT2D eigenvalue weighted by Crippen LogP contribution is -2.50. The van der Waals surface area contributed by atoms with E-state index in [9.17, 15) is 4.79 Å². The predicted molar refractivity (Wildman–Crippen MR) is 126 cm³/mol. The molecule has 1 amide bonds. The van der Waals surface area contributed by atoms with Crippen LogP contribution in [0.25, 0.3) is 0 Å². The third-order valence-corrected chi connectivity index (χ3v) is 5.15. The van der Waals surface area contributed by atoms with Gasteiger partial charge in [-0.3, -0.25) is 0 Å². The number of hydrogen-bond acceptors (Lipinski definition) is 4. The topological polar surface area (TPSA) is 45.1 Å². The Morgan fingerprint density at radius 3 is 2.03 bits per heavy atom. The second kappa shape index (κ2) is 8.78. The van der Waals surface area contributed by atoms with Crippen LogP contribution in [0.4, 0.5) is 21.9 Å². The van der Waals surface area contributed by atoms with Gasteiger partial charge in [0, 0.05) is 5.56 Å². The molecule has 0 aromatic heterocycles. The molecule has 32 heavy (non-hydrogen) atoms. The number of carbonyl (C=O) groups excluding carboxylic acids is 1. The molecule has 0 aliphatic carbocycles. The normalized spacial score (nSPS) is 12.7. The van der Waals surface area contributed by atoms with Gasteiger partial charge >= 0.3 is 6.09 Å². The monoisotopic (exact) mass is 419 g/mol. The zero-order chi connectivity index (χ0) is 21.8. The highest BCUT2D eigenvalue weighted by Gasteiger charge is 2.35. The average Bonchev–Trinajstić information content (AvgIpc) is 2.88. The summed E-state index contributed by atoms with van der Waals surface area (Å²) in [6.45, 7) is 0.169. The summed E-state index contributed by atoms with van der Waals surface area (Å²) in [6, 6.07) is 36.8.